The van der Waals surface area contributed by atoms with Gasteiger partial charge in [0.2, 0.25) is 5.91 Å². The summed E-state index contributed by atoms with van der Waals surface area (Å²) in [7, 11) is 0. The van der Waals surface area contributed by atoms with Crippen molar-refractivity contribution in [3.05, 3.63) is 48.2 Å². The lowest BCUT2D eigenvalue weighted by Gasteiger charge is -2.24. The molecule has 3 N–H and O–H groups in total. The van der Waals surface area contributed by atoms with Crippen LogP contribution in [0.5, 0.6) is 0 Å². The van der Waals surface area contributed by atoms with Crippen molar-refractivity contribution in [2.24, 2.45) is 5.73 Å². The summed E-state index contributed by atoms with van der Waals surface area (Å²) in [5, 5.41) is 3.92. The highest BCUT2D eigenvalue weighted by molar-refractivity contribution is 14.1. The molecule has 0 saturated heterocycles. The second-order valence-corrected chi connectivity index (χ2v) is 8.52. The van der Waals surface area contributed by atoms with Crippen molar-refractivity contribution in [2.75, 3.05) is 5.32 Å². The fourth-order valence-electron chi connectivity index (χ4n) is 2.68. The first-order chi connectivity index (χ1) is 10.0. The van der Waals surface area contributed by atoms with Gasteiger partial charge in [0.15, 0.2) is 0 Å². The molecule has 0 radical (unpaired) electrons. The first-order valence-corrected chi connectivity index (χ1v) is 8.96. The Morgan fingerprint density at radius 3 is 2.95 bits per heavy atom. The summed E-state index contributed by atoms with van der Waals surface area (Å²) in [6.07, 6.45) is 3.46. The summed E-state index contributed by atoms with van der Waals surface area (Å²) in [5.74, 6) is -0.501. The number of rotatable bonds is 3. The normalized spacial score (nSPS) is 17.3. The van der Waals surface area contributed by atoms with Crippen molar-refractivity contribution >= 4 is 57.1 Å². The van der Waals surface area contributed by atoms with Crippen molar-refractivity contribution in [1.29, 1.82) is 0 Å². The molecule has 0 bridgehead atoms. The van der Waals surface area contributed by atoms with E-state index in [4.69, 9.17) is 17.3 Å². The molecule has 0 spiro atoms. The molecular formula is C15H14ClIN2OS. The van der Waals surface area contributed by atoms with Gasteiger partial charge in [0.05, 0.1) is 19.5 Å². The van der Waals surface area contributed by atoms with Crippen molar-refractivity contribution in [3.63, 3.8) is 0 Å². The number of primary amides is 1. The number of aryl methyl sites for hydroxylation is 1. The molecule has 21 heavy (non-hydrogen) atoms. The molecule has 2 aromatic rings. The summed E-state index contributed by atoms with van der Waals surface area (Å²) >= 11 is 10.4. The van der Waals surface area contributed by atoms with Crippen LogP contribution >= 0.6 is 45.5 Å². The topological polar surface area (TPSA) is 55.1 Å². The smallest absolute Gasteiger partial charge is 0.250 e. The van der Waals surface area contributed by atoms with Crippen molar-refractivity contribution in [2.45, 2.75) is 25.3 Å². The predicted molar refractivity (Wildman–Crippen MR) is 96.3 cm³/mol. The van der Waals surface area contributed by atoms with Gasteiger partial charge in [-0.1, -0.05) is 11.6 Å². The van der Waals surface area contributed by atoms with E-state index in [-0.39, 0.29) is 0 Å². The number of thiophene rings is 1. The van der Waals surface area contributed by atoms with Crippen LogP contribution in [0.2, 0.25) is 5.02 Å². The number of anilines is 1. The number of carbonyl (C=O) groups is 1. The molecule has 110 valence electrons. The first-order valence-electron chi connectivity index (χ1n) is 6.68. The maximum Gasteiger partial charge on any atom is 0.250 e. The minimum absolute atomic E-state index is 0.309. The summed E-state index contributed by atoms with van der Waals surface area (Å²) in [6.45, 7) is 0. The Morgan fingerprint density at radius 2 is 2.24 bits per heavy atom. The van der Waals surface area contributed by atoms with Gasteiger partial charge in [0.1, 0.15) is 0 Å². The number of halogens is 2. The van der Waals surface area contributed by atoms with Gasteiger partial charge in [-0.05, 0) is 71.7 Å². The number of hydrogen-bond donors (Lipinski definition) is 2. The van der Waals surface area contributed by atoms with Gasteiger partial charge in [-0.3, -0.25) is 4.79 Å². The summed E-state index contributed by atoms with van der Waals surface area (Å²) in [4.78, 5) is 12.7. The number of carbonyl (C=O) groups excluding carboxylic acids is 1. The van der Waals surface area contributed by atoms with Gasteiger partial charge >= 0.3 is 0 Å². The van der Waals surface area contributed by atoms with E-state index in [9.17, 15) is 4.79 Å². The molecule has 6 heteroatoms. The highest BCUT2D eigenvalue weighted by Gasteiger charge is 2.22. The lowest BCUT2D eigenvalue weighted by atomic mass is 9.94. The largest absolute Gasteiger partial charge is 0.378 e. The number of fused-ring (bicyclic) bond motifs is 1. The predicted octanol–water partition coefficient (Wildman–Crippen LogP) is 4.59. The quantitative estimate of drug-likeness (QED) is 0.697. The maximum atomic E-state index is 11.2. The van der Waals surface area contributed by atoms with Gasteiger partial charge in [-0.15, -0.1) is 11.3 Å². The number of amides is 1. The van der Waals surface area contributed by atoms with E-state index in [1.165, 1.54) is 26.2 Å². The molecule has 1 aromatic carbocycles. The van der Waals surface area contributed by atoms with Crippen LogP contribution in [-0.4, -0.2) is 5.91 Å². The van der Waals surface area contributed by atoms with Crippen molar-refractivity contribution in [1.82, 2.24) is 0 Å². The Morgan fingerprint density at radius 1 is 1.43 bits per heavy atom. The van der Waals surface area contributed by atoms with Gasteiger partial charge in [0, 0.05) is 10.6 Å². The monoisotopic (exact) mass is 432 g/mol. The third kappa shape index (κ3) is 3.19. The third-order valence-electron chi connectivity index (χ3n) is 3.66. The second-order valence-electron chi connectivity index (χ2n) is 5.08. The van der Waals surface area contributed by atoms with Crippen LogP contribution in [0.25, 0.3) is 0 Å². The zero-order chi connectivity index (χ0) is 15.0. The van der Waals surface area contributed by atoms with E-state index in [1.807, 2.05) is 17.4 Å². The lowest BCUT2D eigenvalue weighted by molar-refractivity contribution is 0.100. The van der Waals surface area contributed by atoms with Gasteiger partial charge in [0.25, 0.3) is 0 Å². The first kappa shape index (κ1) is 15.1. The maximum absolute atomic E-state index is 11.2. The standard InChI is InChI=1S/C15H14ClIN2OS/c16-11-6-8(4-5-9(11)15(18)20)19-12-2-1-3-13-10(12)7-14(17)21-13/h4-7,12,19H,1-3H2,(H2,18,20). The number of nitrogens with one attached hydrogen (secondary N) is 1. The number of nitrogens with two attached hydrogens (primary N) is 1. The van der Waals surface area contributed by atoms with E-state index >= 15 is 0 Å². The van der Waals surface area contributed by atoms with Crippen LogP contribution in [0.15, 0.2) is 24.3 Å². The van der Waals surface area contributed by atoms with Crippen LogP contribution in [-0.2, 0) is 6.42 Å². The Kier molecular flexibility index (Phi) is 4.42. The molecule has 0 fully saturated rings. The molecule has 3 nitrogen and oxygen atoms in total. The summed E-state index contributed by atoms with van der Waals surface area (Å²) in [5.41, 5.74) is 7.94. The number of hydrogen-bond acceptors (Lipinski definition) is 3. The molecule has 1 aliphatic carbocycles. The molecule has 1 amide bonds. The van der Waals surface area contributed by atoms with Crippen molar-refractivity contribution in [3.8, 4) is 0 Å². The lowest BCUT2D eigenvalue weighted by Crippen LogP contribution is -2.16. The van der Waals surface area contributed by atoms with Crippen LogP contribution in [0.4, 0.5) is 5.69 Å². The van der Waals surface area contributed by atoms with Crippen molar-refractivity contribution < 1.29 is 4.79 Å². The molecule has 1 unspecified atom stereocenters. The Bertz CT molecular complexity index is 701. The summed E-state index contributed by atoms with van der Waals surface area (Å²) < 4.78 is 1.33. The molecule has 1 aliphatic rings. The van der Waals surface area contributed by atoms with E-state index in [0.29, 0.717) is 16.6 Å². The van der Waals surface area contributed by atoms with E-state index in [1.54, 1.807) is 12.1 Å². The average molecular weight is 433 g/mol. The Labute approximate surface area is 146 Å². The zero-order valence-electron chi connectivity index (χ0n) is 11.2. The molecule has 0 aliphatic heterocycles. The second kappa shape index (κ2) is 6.14. The van der Waals surface area contributed by atoms with Crippen LogP contribution in [0, 0.1) is 2.88 Å². The van der Waals surface area contributed by atoms with E-state index in [0.717, 1.165) is 12.1 Å². The fraction of sp³-hybridized carbons (Fsp3) is 0.267. The minimum Gasteiger partial charge on any atom is -0.378 e. The molecule has 1 aromatic heterocycles. The number of benzene rings is 1. The molecule has 0 saturated carbocycles. The zero-order valence-corrected chi connectivity index (χ0v) is 14.9. The van der Waals surface area contributed by atoms with E-state index < -0.39 is 5.91 Å². The third-order valence-corrected chi connectivity index (χ3v) is 5.94. The van der Waals surface area contributed by atoms with E-state index in [2.05, 4.69) is 34.0 Å². The van der Waals surface area contributed by atoms with Crippen LogP contribution < -0.4 is 11.1 Å². The Hall–Kier alpha value is -0.790. The van der Waals surface area contributed by atoms with Gasteiger partial charge in [-0.25, -0.2) is 0 Å². The molecular weight excluding hydrogens is 419 g/mol. The molecule has 1 atom stereocenters. The summed E-state index contributed by atoms with van der Waals surface area (Å²) in [6, 6.07) is 7.87. The van der Waals surface area contributed by atoms with Gasteiger partial charge < -0.3 is 11.1 Å². The average Bonchev–Trinajstić information content (AvgIpc) is 2.80. The fourth-order valence-corrected chi connectivity index (χ4v) is 5.07. The Balaban J connectivity index is 1.84. The van der Waals surface area contributed by atoms with Crippen LogP contribution in [0.1, 0.15) is 39.7 Å². The van der Waals surface area contributed by atoms with Gasteiger partial charge in [-0.2, -0.15) is 0 Å². The minimum atomic E-state index is -0.501. The highest BCUT2D eigenvalue weighted by Crippen LogP contribution is 2.38. The SMILES string of the molecule is NC(=O)c1ccc(NC2CCCc3sc(I)cc32)cc1Cl. The molecule has 1 heterocycles. The highest BCUT2D eigenvalue weighted by atomic mass is 127. The molecule has 3 rings (SSSR count). The van der Waals surface area contributed by atoms with Crippen LogP contribution in [0.3, 0.4) is 0 Å².